The number of rotatable bonds is 6. The van der Waals surface area contributed by atoms with Crippen molar-refractivity contribution in [3.8, 4) is 0 Å². The highest BCUT2D eigenvalue weighted by molar-refractivity contribution is 5.29. The summed E-state index contributed by atoms with van der Waals surface area (Å²) in [6.45, 7) is 4.40. The maximum Gasteiger partial charge on any atom is 0.0716 e. The summed E-state index contributed by atoms with van der Waals surface area (Å²) in [4.78, 5) is 2.26. The van der Waals surface area contributed by atoms with Crippen molar-refractivity contribution in [3.63, 3.8) is 0 Å². The summed E-state index contributed by atoms with van der Waals surface area (Å²) in [7, 11) is 3.82. The largest absolute Gasteiger partial charge is 0.380 e. The summed E-state index contributed by atoms with van der Waals surface area (Å²) in [6.07, 6.45) is 0. The fourth-order valence-corrected chi connectivity index (χ4v) is 1.91. The number of methoxy groups -OCH3 is 1. The summed E-state index contributed by atoms with van der Waals surface area (Å²) in [5.41, 5.74) is 8.36. The van der Waals surface area contributed by atoms with E-state index in [0.717, 1.165) is 6.54 Å². The van der Waals surface area contributed by atoms with Crippen LogP contribution in [-0.4, -0.2) is 32.1 Å². The van der Waals surface area contributed by atoms with Crippen LogP contribution >= 0.6 is 0 Å². The molecule has 90 valence electrons. The van der Waals surface area contributed by atoms with Crippen LogP contribution in [0.2, 0.25) is 0 Å². The average molecular weight is 222 g/mol. The first kappa shape index (κ1) is 13.2. The summed E-state index contributed by atoms with van der Waals surface area (Å²) < 4.78 is 5.22. The molecule has 3 heteroatoms. The number of benzene rings is 1. The van der Waals surface area contributed by atoms with E-state index in [4.69, 9.17) is 10.5 Å². The molecule has 0 heterocycles. The van der Waals surface area contributed by atoms with Gasteiger partial charge in [-0.2, -0.15) is 0 Å². The van der Waals surface area contributed by atoms with E-state index in [1.807, 2.05) is 6.07 Å². The molecule has 0 bridgehead atoms. The van der Waals surface area contributed by atoms with E-state index in [9.17, 15) is 0 Å². The van der Waals surface area contributed by atoms with E-state index in [0.29, 0.717) is 13.2 Å². The molecule has 1 unspecified atom stereocenters. The molecule has 0 radical (unpaired) electrons. The minimum atomic E-state index is 0.274. The van der Waals surface area contributed by atoms with Crippen LogP contribution in [0.4, 0.5) is 0 Å². The van der Waals surface area contributed by atoms with Crippen molar-refractivity contribution in [2.45, 2.75) is 19.6 Å². The van der Waals surface area contributed by atoms with Gasteiger partial charge in [0.1, 0.15) is 0 Å². The predicted octanol–water partition coefficient (Wildman–Crippen LogP) is 1.78. The number of likely N-dealkylation sites (N-methyl/N-ethyl adjacent to an activating group) is 1. The van der Waals surface area contributed by atoms with E-state index in [1.165, 1.54) is 11.1 Å². The smallest absolute Gasteiger partial charge is 0.0716 e. The zero-order chi connectivity index (χ0) is 12.0. The molecule has 3 nitrogen and oxygen atoms in total. The maximum atomic E-state index is 5.86. The summed E-state index contributed by atoms with van der Waals surface area (Å²) in [5.74, 6) is 0. The Hall–Kier alpha value is -0.900. The van der Waals surface area contributed by atoms with Gasteiger partial charge in [0, 0.05) is 19.7 Å². The average Bonchev–Trinajstić information content (AvgIpc) is 2.32. The van der Waals surface area contributed by atoms with E-state index in [-0.39, 0.29) is 6.04 Å². The maximum absolute atomic E-state index is 5.86. The molecule has 0 saturated heterocycles. The van der Waals surface area contributed by atoms with Crippen LogP contribution in [0.1, 0.15) is 24.1 Å². The molecule has 16 heavy (non-hydrogen) atoms. The number of hydrogen-bond donors (Lipinski definition) is 1. The Labute approximate surface area is 98.2 Å². The van der Waals surface area contributed by atoms with Crippen molar-refractivity contribution in [3.05, 3.63) is 35.4 Å². The van der Waals surface area contributed by atoms with Gasteiger partial charge in [-0.05, 0) is 24.7 Å². The summed E-state index contributed by atoms with van der Waals surface area (Å²) >= 11 is 0. The third kappa shape index (κ3) is 3.04. The Kier molecular flexibility index (Phi) is 5.46. The fraction of sp³-hybridized carbons (Fsp3) is 0.538. The normalized spacial score (nSPS) is 13.1. The standard InChI is InChI=1S/C13H22N2O/c1-4-15(2)13(9-14)12-8-6-5-7-11(12)10-16-3/h5-8,13H,4,9-10,14H2,1-3H3. The van der Waals surface area contributed by atoms with Crippen molar-refractivity contribution < 1.29 is 4.74 Å². The molecule has 2 N–H and O–H groups in total. The van der Waals surface area contributed by atoms with Gasteiger partial charge in [0.15, 0.2) is 0 Å². The first-order valence-corrected chi connectivity index (χ1v) is 5.71. The molecule has 1 atom stereocenters. The molecule has 0 aliphatic carbocycles. The Balaban J connectivity index is 2.98. The number of nitrogens with two attached hydrogens (primary N) is 1. The second kappa shape index (κ2) is 6.63. The first-order valence-electron chi connectivity index (χ1n) is 5.71. The molecule has 0 amide bonds. The molecular weight excluding hydrogens is 200 g/mol. The van der Waals surface area contributed by atoms with Crippen LogP contribution < -0.4 is 5.73 Å². The molecule has 1 rings (SSSR count). The van der Waals surface area contributed by atoms with Gasteiger partial charge in [0.05, 0.1) is 6.61 Å². The zero-order valence-electron chi connectivity index (χ0n) is 10.4. The lowest BCUT2D eigenvalue weighted by Gasteiger charge is -2.27. The third-order valence-corrected chi connectivity index (χ3v) is 2.97. The fourth-order valence-electron chi connectivity index (χ4n) is 1.91. The molecular formula is C13H22N2O. The van der Waals surface area contributed by atoms with Gasteiger partial charge in [0.2, 0.25) is 0 Å². The minimum Gasteiger partial charge on any atom is -0.380 e. The summed E-state index contributed by atoms with van der Waals surface area (Å²) in [5, 5.41) is 0. The topological polar surface area (TPSA) is 38.5 Å². The second-order valence-corrected chi connectivity index (χ2v) is 3.96. The van der Waals surface area contributed by atoms with E-state index >= 15 is 0 Å². The monoisotopic (exact) mass is 222 g/mol. The number of nitrogens with zero attached hydrogens (tertiary/aromatic N) is 1. The zero-order valence-corrected chi connectivity index (χ0v) is 10.4. The molecule has 0 spiro atoms. The lowest BCUT2D eigenvalue weighted by Crippen LogP contribution is -2.31. The van der Waals surface area contributed by atoms with Crippen molar-refractivity contribution >= 4 is 0 Å². The van der Waals surface area contributed by atoms with Crippen molar-refractivity contribution in [1.29, 1.82) is 0 Å². The quantitative estimate of drug-likeness (QED) is 0.797. The van der Waals surface area contributed by atoms with Crippen LogP contribution in [0.3, 0.4) is 0 Å². The Morgan fingerprint density at radius 1 is 1.38 bits per heavy atom. The lowest BCUT2D eigenvalue weighted by atomic mass is 9.99. The van der Waals surface area contributed by atoms with Crippen LogP contribution in [0, 0.1) is 0 Å². The highest BCUT2D eigenvalue weighted by Gasteiger charge is 2.16. The van der Waals surface area contributed by atoms with Crippen molar-refractivity contribution in [2.75, 3.05) is 27.2 Å². The van der Waals surface area contributed by atoms with E-state index in [2.05, 4.69) is 37.1 Å². The highest BCUT2D eigenvalue weighted by atomic mass is 16.5. The lowest BCUT2D eigenvalue weighted by molar-refractivity contribution is 0.180. The molecule has 0 aliphatic rings. The van der Waals surface area contributed by atoms with Gasteiger partial charge in [-0.1, -0.05) is 31.2 Å². The van der Waals surface area contributed by atoms with Gasteiger partial charge >= 0.3 is 0 Å². The minimum absolute atomic E-state index is 0.274. The van der Waals surface area contributed by atoms with Crippen molar-refractivity contribution in [1.82, 2.24) is 4.90 Å². The van der Waals surface area contributed by atoms with Crippen molar-refractivity contribution in [2.24, 2.45) is 5.73 Å². The SMILES string of the molecule is CCN(C)C(CN)c1ccccc1COC. The second-order valence-electron chi connectivity index (χ2n) is 3.96. The predicted molar refractivity (Wildman–Crippen MR) is 67.3 cm³/mol. The molecule has 0 fully saturated rings. The molecule has 1 aromatic carbocycles. The van der Waals surface area contributed by atoms with Crippen LogP contribution in [-0.2, 0) is 11.3 Å². The Bertz CT molecular complexity index is 315. The van der Waals surface area contributed by atoms with Gasteiger partial charge in [-0.25, -0.2) is 0 Å². The molecule has 0 aromatic heterocycles. The first-order chi connectivity index (χ1) is 7.74. The Morgan fingerprint density at radius 3 is 2.62 bits per heavy atom. The van der Waals surface area contributed by atoms with Gasteiger partial charge < -0.3 is 10.5 Å². The van der Waals surface area contributed by atoms with Crippen LogP contribution in [0.25, 0.3) is 0 Å². The van der Waals surface area contributed by atoms with Crippen LogP contribution in [0.5, 0.6) is 0 Å². The molecule has 0 aliphatic heterocycles. The van der Waals surface area contributed by atoms with Gasteiger partial charge in [-0.3, -0.25) is 4.90 Å². The Morgan fingerprint density at radius 2 is 2.06 bits per heavy atom. The third-order valence-electron chi connectivity index (χ3n) is 2.97. The highest BCUT2D eigenvalue weighted by Crippen LogP contribution is 2.22. The van der Waals surface area contributed by atoms with E-state index < -0.39 is 0 Å². The number of ether oxygens (including phenoxy) is 1. The molecule has 1 aromatic rings. The van der Waals surface area contributed by atoms with Gasteiger partial charge in [-0.15, -0.1) is 0 Å². The van der Waals surface area contributed by atoms with Crippen LogP contribution in [0.15, 0.2) is 24.3 Å². The van der Waals surface area contributed by atoms with Gasteiger partial charge in [0.25, 0.3) is 0 Å². The summed E-state index contributed by atoms with van der Waals surface area (Å²) in [6, 6.07) is 8.61. The number of hydrogen-bond acceptors (Lipinski definition) is 3. The van der Waals surface area contributed by atoms with E-state index in [1.54, 1.807) is 7.11 Å². The molecule has 0 saturated carbocycles.